The molecule has 1 heterocycles. The minimum atomic E-state index is 0.349. The van der Waals surface area contributed by atoms with Crippen LogP contribution in [0.15, 0.2) is 29.4 Å². The van der Waals surface area contributed by atoms with Crippen LogP contribution in [-0.4, -0.2) is 9.97 Å². The first-order valence-corrected chi connectivity index (χ1v) is 6.76. The first-order chi connectivity index (χ1) is 8.56. The standard InChI is InChI=1S/C11H10Cl2N4S/c12-7-3-1-2-6(10(7)13)5-18-11-16-8(14)4-9(15)17-11/h1-4H,5H2,(H4,14,15,16,17). The highest BCUT2D eigenvalue weighted by atomic mass is 35.5. The fourth-order valence-electron chi connectivity index (χ4n) is 1.33. The summed E-state index contributed by atoms with van der Waals surface area (Å²) in [5.41, 5.74) is 12.1. The van der Waals surface area contributed by atoms with Gasteiger partial charge in [0.1, 0.15) is 11.6 Å². The topological polar surface area (TPSA) is 77.8 Å². The summed E-state index contributed by atoms with van der Waals surface area (Å²) < 4.78 is 0. The summed E-state index contributed by atoms with van der Waals surface area (Å²) in [6, 6.07) is 7.00. The molecule has 0 saturated heterocycles. The highest BCUT2D eigenvalue weighted by molar-refractivity contribution is 7.98. The Kier molecular flexibility index (Phi) is 4.16. The number of aromatic nitrogens is 2. The smallest absolute Gasteiger partial charge is 0.191 e. The van der Waals surface area contributed by atoms with E-state index in [2.05, 4.69) is 9.97 Å². The first kappa shape index (κ1) is 13.3. The van der Waals surface area contributed by atoms with Gasteiger partial charge in [-0.25, -0.2) is 9.97 Å². The molecule has 0 aliphatic carbocycles. The molecule has 0 aliphatic heterocycles. The van der Waals surface area contributed by atoms with E-state index in [1.807, 2.05) is 12.1 Å². The monoisotopic (exact) mass is 300 g/mol. The average Bonchev–Trinajstić information content (AvgIpc) is 2.30. The molecule has 0 saturated carbocycles. The Balaban J connectivity index is 2.14. The average molecular weight is 301 g/mol. The number of benzene rings is 1. The molecule has 1 aromatic carbocycles. The van der Waals surface area contributed by atoms with Gasteiger partial charge in [0.05, 0.1) is 10.0 Å². The number of thioether (sulfide) groups is 1. The van der Waals surface area contributed by atoms with Crippen LogP contribution in [0.3, 0.4) is 0 Å². The zero-order chi connectivity index (χ0) is 13.1. The van der Waals surface area contributed by atoms with Crippen molar-refractivity contribution in [2.45, 2.75) is 10.9 Å². The molecule has 0 amide bonds. The normalized spacial score (nSPS) is 10.6. The van der Waals surface area contributed by atoms with E-state index in [9.17, 15) is 0 Å². The van der Waals surface area contributed by atoms with Crippen molar-refractivity contribution < 1.29 is 0 Å². The minimum absolute atomic E-state index is 0.349. The van der Waals surface area contributed by atoms with Crippen molar-refractivity contribution in [3.8, 4) is 0 Å². The van der Waals surface area contributed by atoms with Gasteiger partial charge in [0.15, 0.2) is 5.16 Å². The molecule has 4 N–H and O–H groups in total. The number of hydrogen-bond donors (Lipinski definition) is 2. The predicted octanol–water partition coefficient (Wildman–Crippen LogP) is 3.24. The number of hydrogen-bond acceptors (Lipinski definition) is 5. The molecule has 18 heavy (non-hydrogen) atoms. The van der Waals surface area contributed by atoms with E-state index in [4.69, 9.17) is 34.7 Å². The summed E-state index contributed by atoms with van der Waals surface area (Å²) in [6.45, 7) is 0. The number of anilines is 2. The lowest BCUT2D eigenvalue weighted by atomic mass is 10.2. The van der Waals surface area contributed by atoms with E-state index in [0.717, 1.165) is 5.56 Å². The van der Waals surface area contributed by atoms with E-state index >= 15 is 0 Å². The SMILES string of the molecule is Nc1cc(N)nc(SCc2cccc(Cl)c2Cl)n1. The molecule has 0 fully saturated rings. The zero-order valence-electron chi connectivity index (χ0n) is 9.23. The third-order valence-corrected chi connectivity index (χ3v) is 3.89. The molecule has 0 unspecified atom stereocenters. The van der Waals surface area contributed by atoms with Gasteiger partial charge >= 0.3 is 0 Å². The Morgan fingerprint density at radius 2 is 1.78 bits per heavy atom. The Morgan fingerprint density at radius 3 is 2.44 bits per heavy atom. The summed E-state index contributed by atoms with van der Waals surface area (Å²) in [4.78, 5) is 8.15. The van der Waals surface area contributed by atoms with E-state index in [1.165, 1.54) is 17.8 Å². The maximum Gasteiger partial charge on any atom is 0.191 e. The van der Waals surface area contributed by atoms with Gasteiger partial charge in [-0.1, -0.05) is 47.1 Å². The van der Waals surface area contributed by atoms with E-state index in [0.29, 0.717) is 32.6 Å². The van der Waals surface area contributed by atoms with Crippen molar-refractivity contribution in [2.75, 3.05) is 11.5 Å². The van der Waals surface area contributed by atoms with Crippen LogP contribution in [0, 0.1) is 0 Å². The van der Waals surface area contributed by atoms with Gasteiger partial charge in [0, 0.05) is 11.8 Å². The summed E-state index contributed by atoms with van der Waals surface area (Å²) in [6.07, 6.45) is 0. The molecule has 1 aromatic heterocycles. The van der Waals surface area contributed by atoms with Gasteiger partial charge in [-0.2, -0.15) is 0 Å². The van der Waals surface area contributed by atoms with Crippen LogP contribution >= 0.6 is 35.0 Å². The van der Waals surface area contributed by atoms with Gasteiger partial charge in [-0.3, -0.25) is 0 Å². The van der Waals surface area contributed by atoms with E-state index in [-0.39, 0.29) is 0 Å². The van der Waals surface area contributed by atoms with E-state index < -0.39 is 0 Å². The maximum atomic E-state index is 6.09. The third kappa shape index (κ3) is 3.19. The van der Waals surface area contributed by atoms with Crippen molar-refractivity contribution in [1.29, 1.82) is 0 Å². The number of halogens is 2. The molecule has 2 rings (SSSR count). The summed E-state index contributed by atoms with van der Waals surface area (Å²) in [5.74, 6) is 1.30. The Hall–Kier alpha value is -1.17. The van der Waals surface area contributed by atoms with Crippen LogP contribution in [0.5, 0.6) is 0 Å². The van der Waals surface area contributed by atoms with Crippen LogP contribution < -0.4 is 11.5 Å². The second-order valence-electron chi connectivity index (χ2n) is 3.50. The minimum Gasteiger partial charge on any atom is -0.383 e. The number of nitrogens with two attached hydrogens (primary N) is 2. The quantitative estimate of drug-likeness (QED) is 0.672. The molecule has 7 heteroatoms. The van der Waals surface area contributed by atoms with E-state index in [1.54, 1.807) is 6.07 Å². The van der Waals surface area contributed by atoms with Crippen LogP contribution in [0.25, 0.3) is 0 Å². The lowest BCUT2D eigenvalue weighted by Gasteiger charge is -2.05. The molecular formula is C11H10Cl2N4S. The van der Waals surface area contributed by atoms with Crippen LogP contribution in [0.2, 0.25) is 10.0 Å². The molecule has 0 aliphatic rings. The van der Waals surface area contributed by atoms with Crippen molar-refractivity contribution >= 4 is 46.6 Å². The molecule has 0 radical (unpaired) electrons. The molecule has 2 aromatic rings. The zero-order valence-corrected chi connectivity index (χ0v) is 11.6. The van der Waals surface area contributed by atoms with Crippen molar-refractivity contribution in [3.63, 3.8) is 0 Å². The maximum absolute atomic E-state index is 6.09. The highest BCUT2D eigenvalue weighted by Crippen LogP contribution is 2.30. The highest BCUT2D eigenvalue weighted by Gasteiger charge is 2.07. The third-order valence-electron chi connectivity index (χ3n) is 2.13. The number of rotatable bonds is 3. The second-order valence-corrected chi connectivity index (χ2v) is 5.23. The largest absolute Gasteiger partial charge is 0.383 e. The lowest BCUT2D eigenvalue weighted by Crippen LogP contribution is -1.99. The Labute approximate surface area is 119 Å². The lowest BCUT2D eigenvalue weighted by molar-refractivity contribution is 0.984. The fraction of sp³-hybridized carbons (Fsp3) is 0.0909. The molecule has 0 bridgehead atoms. The summed E-state index contributed by atoms with van der Waals surface area (Å²) in [7, 11) is 0. The first-order valence-electron chi connectivity index (χ1n) is 5.02. The van der Waals surface area contributed by atoms with Gasteiger partial charge in [0.25, 0.3) is 0 Å². The fourth-order valence-corrected chi connectivity index (χ4v) is 2.66. The summed E-state index contributed by atoms with van der Waals surface area (Å²) >= 11 is 13.4. The van der Waals surface area contributed by atoms with Crippen LogP contribution in [-0.2, 0) is 5.75 Å². The van der Waals surface area contributed by atoms with Gasteiger partial charge in [-0.15, -0.1) is 0 Å². The van der Waals surface area contributed by atoms with Gasteiger partial charge in [0.2, 0.25) is 0 Å². The van der Waals surface area contributed by atoms with Crippen LogP contribution in [0.1, 0.15) is 5.56 Å². The molecule has 0 atom stereocenters. The predicted molar refractivity (Wildman–Crippen MR) is 76.9 cm³/mol. The number of nitrogen functional groups attached to an aromatic ring is 2. The Bertz CT molecular complexity index is 557. The second kappa shape index (κ2) is 5.65. The molecule has 0 spiro atoms. The van der Waals surface area contributed by atoms with Gasteiger partial charge in [-0.05, 0) is 11.6 Å². The van der Waals surface area contributed by atoms with Gasteiger partial charge < -0.3 is 11.5 Å². The van der Waals surface area contributed by atoms with Crippen molar-refractivity contribution in [3.05, 3.63) is 39.9 Å². The molecular weight excluding hydrogens is 291 g/mol. The van der Waals surface area contributed by atoms with Crippen molar-refractivity contribution in [2.24, 2.45) is 0 Å². The molecule has 94 valence electrons. The number of nitrogens with zero attached hydrogens (tertiary/aromatic N) is 2. The van der Waals surface area contributed by atoms with Crippen LogP contribution in [0.4, 0.5) is 11.6 Å². The summed E-state index contributed by atoms with van der Waals surface area (Å²) in [5, 5.41) is 1.59. The van der Waals surface area contributed by atoms with Crippen molar-refractivity contribution in [1.82, 2.24) is 9.97 Å². The Morgan fingerprint density at radius 1 is 1.11 bits per heavy atom. The molecule has 4 nitrogen and oxygen atoms in total.